The molecule has 1 rings (SSSR count). The molecule has 0 bridgehead atoms. The molecule has 2 atom stereocenters. The zero-order valence-electron chi connectivity index (χ0n) is 23.6. The number of nitrogens with two attached hydrogens (primary N) is 1. The minimum atomic E-state index is -0.873. The fourth-order valence-corrected chi connectivity index (χ4v) is 3.47. The van der Waals surface area contributed by atoms with Crippen LogP contribution in [0.1, 0.15) is 59.4 Å². The van der Waals surface area contributed by atoms with Gasteiger partial charge in [-0.05, 0) is 36.5 Å². The van der Waals surface area contributed by atoms with Crippen LogP contribution in [0.15, 0.2) is 24.3 Å². The standard InChI is InChI=1S/C27H44N6O6/c1-6-22(34)29-14-15-30-23(17(2)3)25(36)33-21(8-7-13-31-27(28)38)24(35)32-20-11-9-19(10-12-20)16-39-26(37)18(4)5/h9-12,17-18,21,23,30H,6-8,13-16H2,1-5H3,(H,29,34)(H,32,35)(H,33,36)(H3,28,31,38)/t21-,23-/m1/s1. The summed E-state index contributed by atoms with van der Waals surface area (Å²) in [6.45, 7) is 10.2. The molecule has 0 spiro atoms. The topological polar surface area (TPSA) is 181 Å². The predicted molar refractivity (Wildman–Crippen MR) is 148 cm³/mol. The summed E-state index contributed by atoms with van der Waals surface area (Å²) in [5.41, 5.74) is 6.40. The van der Waals surface area contributed by atoms with Crippen molar-refractivity contribution in [2.75, 3.05) is 25.0 Å². The van der Waals surface area contributed by atoms with E-state index in [0.29, 0.717) is 31.6 Å². The molecular weight excluding hydrogens is 504 g/mol. The number of nitrogens with one attached hydrogen (secondary N) is 5. The molecule has 0 aliphatic carbocycles. The van der Waals surface area contributed by atoms with Crippen LogP contribution in [0.25, 0.3) is 0 Å². The molecule has 0 saturated heterocycles. The first-order valence-electron chi connectivity index (χ1n) is 13.3. The molecule has 0 aliphatic rings. The Morgan fingerprint density at radius 1 is 0.897 bits per heavy atom. The number of carbonyl (C=O) groups excluding carboxylic acids is 5. The van der Waals surface area contributed by atoms with Gasteiger partial charge in [0.1, 0.15) is 12.6 Å². The Bertz CT molecular complexity index is 951. The van der Waals surface area contributed by atoms with Gasteiger partial charge in [0.05, 0.1) is 12.0 Å². The van der Waals surface area contributed by atoms with Crippen LogP contribution < -0.4 is 32.3 Å². The smallest absolute Gasteiger partial charge is 0.312 e. The molecule has 12 heteroatoms. The minimum absolute atomic E-state index is 0.0757. The molecule has 5 amide bonds. The van der Waals surface area contributed by atoms with Gasteiger partial charge in [0.15, 0.2) is 0 Å². The zero-order valence-corrected chi connectivity index (χ0v) is 23.6. The zero-order chi connectivity index (χ0) is 29.4. The lowest BCUT2D eigenvalue weighted by molar-refractivity contribution is -0.148. The number of carbonyl (C=O) groups is 5. The van der Waals surface area contributed by atoms with E-state index in [0.717, 1.165) is 5.56 Å². The van der Waals surface area contributed by atoms with Crippen molar-refractivity contribution in [3.63, 3.8) is 0 Å². The van der Waals surface area contributed by atoms with Crippen molar-refractivity contribution >= 4 is 35.4 Å². The molecule has 12 nitrogen and oxygen atoms in total. The molecule has 1 aromatic rings. The van der Waals surface area contributed by atoms with Gasteiger partial charge in [0.2, 0.25) is 17.7 Å². The number of esters is 1. The van der Waals surface area contributed by atoms with Crippen molar-refractivity contribution in [2.45, 2.75) is 72.6 Å². The van der Waals surface area contributed by atoms with Crippen molar-refractivity contribution < 1.29 is 28.7 Å². The molecule has 1 aromatic carbocycles. The van der Waals surface area contributed by atoms with E-state index < -0.39 is 24.0 Å². The summed E-state index contributed by atoms with van der Waals surface area (Å²) in [7, 11) is 0. The molecule has 0 aliphatic heterocycles. The first-order valence-corrected chi connectivity index (χ1v) is 13.3. The fraction of sp³-hybridized carbons (Fsp3) is 0.593. The Hall–Kier alpha value is -3.67. The van der Waals surface area contributed by atoms with Gasteiger partial charge in [-0.2, -0.15) is 0 Å². The van der Waals surface area contributed by atoms with Crippen LogP contribution in [0.5, 0.6) is 0 Å². The molecule has 7 N–H and O–H groups in total. The number of ether oxygens (including phenoxy) is 1. The maximum atomic E-state index is 13.1. The Labute approximate surface area is 230 Å². The Morgan fingerprint density at radius 3 is 2.13 bits per heavy atom. The molecule has 0 heterocycles. The highest BCUT2D eigenvalue weighted by Crippen LogP contribution is 2.13. The van der Waals surface area contributed by atoms with Crippen molar-refractivity contribution in [3.8, 4) is 0 Å². The van der Waals surface area contributed by atoms with Crippen molar-refractivity contribution in [1.29, 1.82) is 0 Å². The van der Waals surface area contributed by atoms with Crippen LogP contribution in [0.3, 0.4) is 0 Å². The summed E-state index contributed by atoms with van der Waals surface area (Å²) in [4.78, 5) is 60.4. The second kappa shape index (κ2) is 17.8. The second-order valence-corrected chi connectivity index (χ2v) is 9.82. The minimum Gasteiger partial charge on any atom is -0.461 e. The van der Waals surface area contributed by atoms with E-state index in [9.17, 15) is 24.0 Å². The molecular formula is C27H44N6O6. The number of urea groups is 1. The molecule has 0 aromatic heterocycles. The highest BCUT2D eigenvalue weighted by Gasteiger charge is 2.27. The molecule has 0 fully saturated rings. The number of anilines is 1. The van der Waals surface area contributed by atoms with Crippen LogP contribution in [0.4, 0.5) is 10.5 Å². The second-order valence-electron chi connectivity index (χ2n) is 9.82. The molecule has 218 valence electrons. The average molecular weight is 549 g/mol. The van der Waals surface area contributed by atoms with E-state index in [1.165, 1.54) is 0 Å². The first-order chi connectivity index (χ1) is 18.4. The van der Waals surface area contributed by atoms with E-state index in [2.05, 4.69) is 26.6 Å². The van der Waals surface area contributed by atoms with E-state index >= 15 is 0 Å². The maximum absolute atomic E-state index is 13.1. The summed E-state index contributed by atoms with van der Waals surface area (Å²) in [6, 6.07) is 4.73. The third-order valence-electron chi connectivity index (χ3n) is 5.76. The van der Waals surface area contributed by atoms with Gasteiger partial charge >= 0.3 is 12.0 Å². The van der Waals surface area contributed by atoms with Crippen molar-refractivity contribution in [2.24, 2.45) is 17.6 Å². The van der Waals surface area contributed by atoms with Gasteiger partial charge in [-0.1, -0.05) is 46.8 Å². The third-order valence-corrected chi connectivity index (χ3v) is 5.76. The number of rotatable bonds is 17. The summed E-state index contributed by atoms with van der Waals surface area (Å²) >= 11 is 0. The summed E-state index contributed by atoms with van der Waals surface area (Å²) in [5.74, 6) is -1.44. The molecule has 0 saturated carbocycles. The molecule has 39 heavy (non-hydrogen) atoms. The summed E-state index contributed by atoms with van der Waals surface area (Å²) in [5, 5.41) is 14.0. The highest BCUT2D eigenvalue weighted by molar-refractivity contribution is 5.97. The highest BCUT2D eigenvalue weighted by atomic mass is 16.5. The van der Waals surface area contributed by atoms with Gasteiger partial charge < -0.3 is 37.1 Å². The lowest BCUT2D eigenvalue weighted by Gasteiger charge is -2.25. The Kier molecular flexibility index (Phi) is 15.2. The van der Waals surface area contributed by atoms with E-state index in [-0.39, 0.29) is 49.2 Å². The van der Waals surface area contributed by atoms with Crippen molar-refractivity contribution in [1.82, 2.24) is 21.3 Å². The fourth-order valence-electron chi connectivity index (χ4n) is 3.47. The lowest BCUT2D eigenvalue weighted by Crippen LogP contribution is -2.54. The summed E-state index contributed by atoms with van der Waals surface area (Å²) < 4.78 is 5.22. The van der Waals surface area contributed by atoms with Crippen LogP contribution >= 0.6 is 0 Å². The number of benzene rings is 1. The normalized spacial score (nSPS) is 12.4. The number of primary amides is 1. The van der Waals surface area contributed by atoms with Crippen LogP contribution in [0.2, 0.25) is 0 Å². The third kappa shape index (κ3) is 13.6. The van der Waals surface area contributed by atoms with Gasteiger partial charge in [-0.15, -0.1) is 0 Å². The SMILES string of the molecule is CCC(=O)NCCN[C@@H](C(=O)N[C@H](CCCNC(N)=O)C(=O)Nc1ccc(COC(=O)C(C)C)cc1)C(C)C. The quantitative estimate of drug-likeness (QED) is 0.126. The van der Waals surface area contributed by atoms with E-state index in [1.54, 1.807) is 45.0 Å². The monoisotopic (exact) mass is 548 g/mol. The summed E-state index contributed by atoms with van der Waals surface area (Å²) in [6.07, 6.45) is 1.05. The van der Waals surface area contributed by atoms with Crippen LogP contribution in [0, 0.1) is 11.8 Å². The van der Waals surface area contributed by atoms with Gasteiger partial charge in [0.25, 0.3) is 0 Å². The average Bonchev–Trinajstić information content (AvgIpc) is 2.88. The van der Waals surface area contributed by atoms with Crippen LogP contribution in [-0.2, 0) is 30.5 Å². The van der Waals surface area contributed by atoms with Crippen molar-refractivity contribution in [3.05, 3.63) is 29.8 Å². The molecule has 0 unspecified atom stereocenters. The first kappa shape index (κ1) is 33.4. The lowest BCUT2D eigenvalue weighted by atomic mass is 10.0. The van der Waals surface area contributed by atoms with Gasteiger partial charge in [0, 0.05) is 31.7 Å². The number of hydrogen-bond donors (Lipinski definition) is 6. The van der Waals surface area contributed by atoms with E-state index in [1.807, 2.05) is 13.8 Å². The van der Waals surface area contributed by atoms with E-state index in [4.69, 9.17) is 10.5 Å². The Morgan fingerprint density at radius 2 is 1.56 bits per heavy atom. The van der Waals surface area contributed by atoms with Crippen LogP contribution in [-0.4, -0.2) is 61.4 Å². The molecule has 0 radical (unpaired) electrons. The predicted octanol–water partition coefficient (Wildman–Crippen LogP) is 1.40. The number of amides is 5. The van der Waals surface area contributed by atoms with Gasteiger partial charge in [-0.25, -0.2) is 4.79 Å². The largest absolute Gasteiger partial charge is 0.461 e. The van der Waals surface area contributed by atoms with Gasteiger partial charge in [-0.3, -0.25) is 19.2 Å². The Balaban J connectivity index is 2.83. The maximum Gasteiger partial charge on any atom is 0.312 e. The number of hydrogen-bond acceptors (Lipinski definition) is 7.